The Balaban J connectivity index is -0.0000000400. The fourth-order valence-electron chi connectivity index (χ4n) is 0. The molecule has 0 aliphatic carbocycles. The largest absolute Gasteiger partial charge is 2.00 e. The second-order valence-corrected chi connectivity index (χ2v) is 0.744. The van der Waals surface area contributed by atoms with E-state index in [0.717, 1.165) is 0 Å². The summed E-state index contributed by atoms with van der Waals surface area (Å²) in [6, 6.07) is 0. The zero-order valence-corrected chi connectivity index (χ0v) is 6.39. The van der Waals surface area contributed by atoms with Gasteiger partial charge in [-0.15, -0.1) is 0 Å². The molecule has 0 heterocycles. The Morgan fingerprint density at radius 1 is 1.57 bits per heavy atom. The molecule has 0 rings (SSSR count). The second-order valence-electron chi connectivity index (χ2n) is 0.744. The average Bonchev–Trinajstić information content (AvgIpc) is 1.39. The van der Waals surface area contributed by atoms with Crippen molar-refractivity contribution in [3.8, 4) is 0 Å². The van der Waals surface area contributed by atoms with Crippen LogP contribution in [0.1, 0.15) is 13.8 Å². The van der Waals surface area contributed by atoms with Crippen molar-refractivity contribution in [3.63, 3.8) is 0 Å². The van der Waals surface area contributed by atoms with Crippen LogP contribution in [0.2, 0.25) is 0 Å². The van der Waals surface area contributed by atoms with E-state index < -0.39 is 0 Å². The minimum Gasteiger partial charge on any atom is -0.343 e. The van der Waals surface area contributed by atoms with Crippen LogP contribution in [-0.4, -0.2) is 29.3 Å². The van der Waals surface area contributed by atoms with E-state index in [2.05, 4.69) is 6.92 Å². The molecule has 0 amide bonds. The molecule has 0 saturated carbocycles. The molecule has 0 aliphatic heterocycles. The summed E-state index contributed by atoms with van der Waals surface area (Å²) in [5, 5.41) is 0. The molecule has 0 spiro atoms. The molecule has 0 unspecified atom stereocenters. The molecular formula is C5H10MgO. The normalized spacial score (nSPS) is 4.29. The quantitative estimate of drug-likeness (QED) is 0.257. The Morgan fingerprint density at radius 2 is 1.57 bits per heavy atom. The van der Waals surface area contributed by atoms with Crippen molar-refractivity contribution in [2.24, 2.45) is 0 Å². The first-order chi connectivity index (χ1) is 2.83. The summed E-state index contributed by atoms with van der Waals surface area (Å²) in [5.41, 5.74) is 0. The standard InChI is InChI=1S/C3H7.C2H3O.Mg/c1-3-2;1-2-3;/h3H,1-2H3;2H,1H2;/q2*-1;+2. The van der Waals surface area contributed by atoms with Crippen molar-refractivity contribution in [2.75, 3.05) is 0 Å². The SMILES string of the molecule is C[CH-]C.[CH2-]C=O.[Mg+2]. The Kier molecular flexibility index (Phi) is 74.7. The maximum absolute atomic E-state index is 8.69. The van der Waals surface area contributed by atoms with Gasteiger partial charge < -0.3 is 18.1 Å². The minimum absolute atomic E-state index is 0. The summed E-state index contributed by atoms with van der Waals surface area (Å²) in [6.45, 7) is 6.81. The molecule has 0 fully saturated rings. The number of carbonyl (C=O) groups excluding carboxylic acids is 1. The van der Waals surface area contributed by atoms with Crippen molar-refractivity contribution in [1.82, 2.24) is 0 Å². The van der Waals surface area contributed by atoms with Gasteiger partial charge in [0.05, 0.1) is 0 Å². The van der Waals surface area contributed by atoms with Gasteiger partial charge in [-0.1, -0.05) is 0 Å². The van der Waals surface area contributed by atoms with Gasteiger partial charge in [0, 0.05) is 0 Å². The third kappa shape index (κ3) is 1250. The summed E-state index contributed by atoms with van der Waals surface area (Å²) < 4.78 is 0. The van der Waals surface area contributed by atoms with E-state index in [0.29, 0.717) is 6.29 Å². The van der Waals surface area contributed by atoms with Crippen LogP contribution in [0.25, 0.3) is 0 Å². The van der Waals surface area contributed by atoms with Gasteiger partial charge in [0.25, 0.3) is 0 Å². The van der Waals surface area contributed by atoms with E-state index in [1.807, 2.05) is 20.3 Å². The molecular weight excluding hydrogens is 100 g/mol. The van der Waals surface area contributed by atoms with Gasteiger partial charge >= 0.3 is 23.1 Å². The van der Waals surface area contributed by atoms with Crippen molar-refractivity contribution in [1.29, 1.82) is 0 Å². The predicted molar refractivity (Wildman–Crippen MR) is 32.8 cm³/mol. The summed E-state index contributed by atoms with van der Waals surface area (Å²) >= 11 is 0. The molecule has 0 aromatic rings. The first kappa shape index (κ1) is 15.7. The molecule has 0 N–H and O–H groups in total. The van der Waals surface area contributed by atoms with E-state index in [9.17, 15) is 0 Å². The second kappa shape index (κ2) is 33.4. The summed E-state index contributed by atoms with van der Waals surface area (Å²) in [6.07, 6.45) is 2.50. The molecule has 0 aliphatic rings. The molecule has 0 aromatic carbocycles. The number of rotatable bonds is 0. The number of hydrogen-bond donors (Lipinski definition) is 0. The van der Waals surface area contributed by atoms with E-state index in [-0.39, 0.29) is 23.1 Å². The van der Waals surface area contributed by atoms with Gasteiger partial charge in [-0.05, 0) is 6.29 Å². The third-order valence-corrected chi connectivity index (χ3v) is 0. The van der Waals surface area contributed by atoms with Gasteiger partial charge in [-0.25, -0.2) is 0 Å². The molecule has 0 aromatic heterocycles. The molecule has 38 valence electrons. The van der Waals surface area contributed by atoms with Crippen LogP contribution in [0.4, 0.5) is 0 Å². The van der Waals surface area contributed by atoms with Crippen LogP contribution >= 0.6 is 0 Å². The van der Waals surface area contributed by atoms with E-state index in [1.165, 1.54) is 0 Å². The van der Waals surface area contributed by atoms with Crippen LogP contribution in [-0.2, 0) is 4.79 Å². The zero-order chi connectivity index (χ0) is 5.41. The topological polar surface area (TPSA) is 17.1 Å². The summed E-state index contributed by atoms with van der Waals surface area (Å²) in [4.78, 5) is 8.69. The third-order valence-electron chi connectivity index (χ3n) is 0. The average molecular weight is 110 g/mol. The molecule has 0 saturated heterocycles. The van der Waals surface area contributed by atoms with Crippen molar-refractivity contribution in [3.05, 3.63) is 13.3 Å². The smallest absolute Gasteiger partial charge is 0.343 e. The fraction of sp³-hybridized carbons (Fsp3) is 0.400. The Hall–Kier alpha value is 0.306. The Morgan fingerprint density at radius 3 is 1.57 bits per heavy atom. The Bertz CT molecular complexity index is 22.0. The molecule has 0 bridgehead atoms. The number of carbonyl (C=O) groups is 1. The number of aldehydes is 1. The van der Waals surface area contributed by atoms with Crippen LogP contribution < -0.4 is 0 Å². The van der Waals surface area contributed by atoms with Gasteiger partial charge in [-0.3, -0.25) is 0 Å². The van der Waals surface area contributed by atoms with Gasteiger partial charge in [0.2, 0.25) is 0 Å². The number of hydrogen-bond acceptors (Lipinski definition) is 1. The van der Waals surface area contributed by atoms with Crippen LogP contribution in [0.5, 0.6) is 0 Å². The van der Waals surface area contributed by atoms with Gasteiger partial charge in [0.1, 0.15) is 0 Å². The van der Waals surface area contributed by atoms with E-state index in [4.69, 9.17) is 4.79 Å². The first-order valence-electron chi connectivity index (χ1n) is 1.80. The first-order valence-corrected chi connectivity index (χ1v) is 1.80. The molecule has 1 nitrogen and oxygen atoms in total. The minimum atomic E-state index is 0. The maximum Gasteiger partial charge on any atom is 2.00 e. The van der Waals surface area contributed by atoms with Crippen molar-refractivity contribution < 1.29 is 4.79 Å². The van der Waals surface area contributed by atoms with Crippen molar-refractivity contribution >= 4 is 29.3 Å². The maximum atomic E-state index is 8.69. The Labute approximate surface area is 61.6 Å². The summed E-state index contributed by atoms with van der Waals surface area (Å²) in [7, 11) is 0. The molecule has 7 heavy (non-hydrogen) atoms. The van der Waals surface area contributed by atoms with Gasteiger partial charge in [0.15, 0.2) is 0 Å². The van der Waals surface area contributed by atoms with E-state index in [1.54, 1.807) is 0 Å². The van der Waals surface area contributed by atoms with Crippen LogP contribution in [0.3, 0.4) is 0 Å². The van der Waals surface area contributed by atoms with Gasteiger partial charge in [-0.2, -0.15) is 13.8 Å². The fourth-order valence-corrected chi connectivity index (χ4v) is 0. The zero-order valence-electron chi connectivity index (χ0n) is 4.98. The predicted octanol–water partition coefficient (Wildman–Crippen LogP) is 0.869. The molecule has 0 radical (unpaired) electrons. The van der Waals surface area contributed by atoms with Crippen molar-refractivity contribution in [2.45, 2.75) is 13.8 Å². The van der Waals surface area contributed by atoms with Crippen LogP contribution in [0, 0.1) is 13.3 Å². The molecule has 0 atom stereocenters. The van der Waals surface area contributed by atoms with E-state index >= 15 is 0 Å². The monoisotopic (exact) mass is 110 g/mol. The van der Waals surface area contributed by atoms with Crippen LogP contribution in [0.15, 0.2) is 0 Å². The molecule has 2 heteroatoms. The summed E-state index contributed by atoms with van der Waals surface area (Å²) in [5.74, 6) is 0.